The van der Waals surface area contributed by atoms with Gasteiger partial charge in [0.15, 0.2) is 5.65 Å². The molecule has 1 aliphatic rings. The molecule has 3 nitrogen and oxygen atoms in total. The van der Waals surface area contributed by atoms with Gasteiger partial charge in [0.25, 0.3) is 0 Å². The minimum absolute atomic E-state index is 0.0693. The van der Waals surface area contributed by atoms with Gasteiger partial charge in [-0.2, -0.15) is 0 Å². The Morgan fingerprint density at radius 3 is 2.78 bits per heavy atom. The summed E-state index contributed by atoms with van der Waals surface area (Å²) in [5, 5.41) is -0.0693. The number of pyridine rings is 1. The average Bonchev–Trinajstić information content (AvgIpc) is 2.92. The molecule has 2 aromatic rings. The van der Waals surface area contributed by atoms with E-state index in [0.29, 0.717) is 6.04 Å². The molecule has 0 spiro atoms. The van der Waals surface area contributed by atoms with Gasteiger partial charge < -0.3 is 4.57 Å². The van der Waals surface area contributed by atoms with Crippen LogP contribution in [0.15, 0.2) is 12.3 Å². The van der Waals surface area contributed by atoms with Gasteiger partial charge in [-0.15, -0.1) is 11.6 Å². The Labute approximate surface area is 112 Å². The molecule has 0 aromatic carbocycles. The summed E-state index contributed by atoms with van der Waals surface area (Å²) in [7, 11) is 0. The fourth-order valence-corrected chi connectivity index (χ4v) is 3.06. The third-order valence-electron chi connectivity index (χ3n) is 3.74. The number of fused-ring (bicyclic) bond motifs is 1. The lowest BCUT2D eigenvalue weighted by atomic mass is 10.2. The van der Waals surface area contributed by atoms with Gasteiger partial charge in [0, 0.05) is 12.2 Å². The number of rotatable bonds is 2. The van der Waals surface area contributed by atoms with Crippen molar-refractivity contribution in [2.75, 3.05) is 0 Å². The zero-order valence-electron chi connectivity index (χ0n) is 10.9. The highest BCUT2D eigenvalue weighted by Gasteiger charge is 2.25. The summed E-state index contributed by atoms with van der Waals surface area (Å²) in [5.41, 5.74) is 3.12. The molecule has 1 aliphatic carbocycles. The van der Waals surface area contributed by atoms with Crippen molar-refractivity contribution in [3.05, 3.63) is 23.7 Å². The maximum atomic E-state index is 6.29. The van der Waals surface area contributed by atoms with Crippen LogP contribution in [0.1, 0.15) is 55.4 Å². The van der Waals surface area contributed by atoms with Crippen molar-refractivity contribution in [1.29, 1.82) is 0 Å². The Morgan fingerprint density at radius 2 is 2.11 bits per heavy atom. The van der Waals surface area contributed by atoms with Crippen molar-refractivity contribution >= 4 is 22.8 Å². The number of alkyl halides is 1. The van der Waals surface area contributed by atoms with E-state index in [4.69, 9.17) is 11.6 Å². The maximum Gasteiger partial charge on any atom is 0.160 e. The molecule has 0 aliphatic heterocycles. The molecule has 3 rings (SSSR count). The predicted molar refractivity (Wildman–Crippen MR) is 74.0 cm³/mol. The van der Waals surface area contributed by atoms with Crippen molar-refractivity contribution in [2.24, 2.45) is 0 Å². The number of aryl methyl sites for hydroxylation is 1. The van der Waals surface area contributed by atoms with E-state index in [1.807, 2.05) is 20.0 Å². The number of imidazole rings is 1. The van der Waals surface area contributed by atoms with E-state index in [1.54, 1.807) is 0 Å². The van der Waals surface area contributed by atoms with Gasteiger partial charge in [0.05, 0.1) is 5.38 Å². The first-order valence-corrected chi connectivity index (χ1v) is 7.09. The summed E-state index contributed by atoms with van der Waals surface area (Å²) in [4.78, 5) is 9.26. The zero-order valence-corrected chi connectivity index (χ0v) is 11.6. The Bertz CT molecular complexity index is 568. The van der Waals surface area contributed by atoms with Crippen molar-refractivity contribution in [1.82, 2.24) is 14.5 Å². The first-order valence-electron chi connectivity index (χ1n) is 6.65. The molecule has 0 N–H and O–H groups in total. The molecule has 4 heteroatoms. The van der Waals surface area contributed by atoms with Crippen molar-refractivity contribution in [3.8, 4) is 0 Å². The highest BCUT2D eigenvalue weighted by atomic mass is 35.5. The zero-order chi connectivity index (χ0) is 12.7. The van der Waals surface area contributed by atoms with Crippen LogP contribution in [0.25, 0.3) is 11.2 Å². The lowest BCUT2D eigenvalue weighted by Crippen LogP contribution is -2.10. The summed E-state index contributed by atoms with van der Waals surface area (Å²) in [6.45, 7) is 4.03. The third kappa shape index (κ3) is 1.91. The molecule has 18 heavy (non-hydrogen) atoms. The number of halogens is 1. The molecule has 0 amide bonds. The van der Waals surface area contributed by atoms with E-state index in [9.17, 15) is 0 Å². The molecular formula is C14H18ClN3. The second kappa shape index (κ2) is 4.54. The first kappa shape index (κ1) is 12.0. The topological polar surface area (TPSA) is 30.7 Å². The minimum Gasteiger partial charge on any atom is -0.308 e. The van der Waals surface area contributed by atoms with Crippen LogP contribution in [0, 0.1) is 6.92 Å². The van der Waals surface area contributed by atoms with Gasteiger partial charge in [0.1, 0.15) is 11.3 Å². The van der Waals surface area contributed by atoms with Gasteiger partial charge >= 0.3 is 0 Å². The summed E-state index contributed by atoms with van der Waals surface area (Å²) < 4.78 is 2.28. The third-order valence-corrected chi connectivity index (χ3v) is 3.93. The van der Waals surface area contributed by atoms with Gasteiger partial charge in [-0.3, -0.25) is 0 Å². The maximum absolute atomic E-state index is 6.29. The number of hydrogen-bond acceptors (Lipinski definition) is 2. The van der Waals surface area contributed by atoms with Gasteiger partial charge in [0.2, 0.25) is 0 Å². The number of hydrogen-bond donors (Lipinski definition) is 0. The van der Waals surface area contributed by atoms with Crippen molar-refractivity contribution < 1.29 is 0 Å². The Balaban J connectivity index is 2.21. The Kier molecular flexibility index (Phi) is 3.02. The van der Waals surface area contributed by atoms with Gasteiger partial charge in [-0.25, -0.2) is 9.97 Å². The molecule has 1 atom stereocenters. The average molecular weight is 264 g/mol. The lowest BCUT2D eigenvalue weighted by molar-refractivity contribution is 0.507. The van der Waals surface area contributed by atoms with E-state index in [-0.39, 0.29) is 5.38 Å². The van der Waals surface area contributed by atoms with Crippen molar-refractivity contribution in [2.45, 2.75) is 50.9 Å². The second-order valence-electron chi connectivity index (χ2n) is 5.25. The van der Waals surface area contributed by atoms with Gasteiger partial charge in [-0.05, 0) is 38.3 Å². The molecular weight excluding hydrogens is 246 g/mol. The van der Waals surface area contributed by atoms with Crippen LogP contribution in [0.2, 0.25) is 0 Å². The van der Waals surface area contributed by atoms with E-state index in [2.05, 4.69) is 20.6 Å². The molecule has 2 aromatic heterocycles. The minimum atomic E-state index is -0.0693. The lowest BCUT2D eigenvalue weighted by Gasteiger charge is -2.16. The largest absolute Gasteiger partial charge is 0.308 e. The molecule has 0 saturated heterocycles. The normalized spacial score (nSPS) is 18.6. The molecule has 0 bridgehead atoms. The van der Waals surface area contributed by atoms with Crippen LogP contribution < -0.4 is 0 Å². The molecule has 96 valence electrons. The van der Waals surface area contributed by atoms with E-state index < -0.39 is 0 Å². The highest BCUT2D eigenvalue weighted by Crippen LogP contribution is 2.35. The van der Waals surface area contributed by atoms with Crippen LogP contribution in [0.4, 0.5) is 0 Å². The fourth-order valence-electron chi connectivity index (χ4n) is 2.90. The van der Waals surface area contributed by atoms with Gasteiger partial charge in [-0.1, -0.05) is 12.8 Å². The van der Waals surface area contributed by atoms with Crippen LogP contribution in [-0.2, 0) is 0 Å². The summed E-state index contributed by atoms with van der Waals surface area (Å²) in [5.74, 6) is 0.969. The monoisotopic (exact) mass is 263 g/mol. The van der Waals surface area contributed by atoms with Crippen LogP contribution in [0.5, 0.6) is 0 Å². The smallest absolute Gasteiger partial charge is 0.160 e. The van der Waals surface area contributed by atoms with Crippen molar-refractivity contribution in [3.63, 3.8) is 0 Å². The quantitative estimate of drug-likeness (QED) is 0.762. The summed E-state index contributed by atoms with van der Waals surface area (Å²) >= 11 is 6.29. The molecule has 1 unspecified atom stereocenters. The standard InChI is InChI=1S/C14H18ClN3/c1-9-7-12-14(16-8-9)18(11-5-3-4-6-11)13(17-12)10(2)15/h7-8,10-11H,3-6H2,1-2H3. The van der Waals surface area contributed by atoms with Crippen LogP contribution in [0.3, 0.4) is 0 Å². The molecule has 0 radical (unpaired) electrons. The van der Waals surface area contributed by atoms with E-state index >= 15 is 0 Å². The summed E-state index contributed by atoms with van der Waals surface area (Å²) in [6, 6.07) is 2.62. The molecule has 1 fully saturated rings. The van der Waals surface area contributed by atoms with Crippen LogP contribution in [-0.4, -0.2) is 14.5 Å². The fraction of sp³-hybridized carbons (Fsp3) is 0.571. The number of aromatic nitrogens is 3. The Morgan fingerprint density at radius 1 is 1.39 bits per heavy atom. The molecule has 2 heterocycles. The summed E-state index contributed by atoms with van der Waals surface area (Å²) in [6.07, 6.45) is 6.95. The van der Waals surface area contributed by atoms with E-state index in [0.717, 1.165) is 22.6 Å². The second-order valence-corrected chi connectivity index (χ2v) is 5.90. The van der Waals surface area contributed by atoms with Crippen LogP contribution >= 0.6 is 11.6 Å². The van der Waals surface area contributed by atoms with E-state index in [1.165, 1.54) is 25.7 Å². The Hall–Kier alpha value is -1.09. The SMILES string of the molecule is Cc1cnc2c(c1)nc(C(C)Cl)n2C1CCCC1. The molecule has 1 saturated carbocycles. The number of nitrogens with zero attached hydrogens (tertiary/aromatic N) is 3. The predicted octanol–water partition coefficient (Wildman–Crippen LogP) is 4.15. The highest BCUT2D eigenvalue weighted by molar-refractivity contribution is 6.20. The first-order chi connectivity index (χ1) is 8.66.